The monoisotopic (exact) mass is 381 g/mol. The van der Waals surface area contributed by atoms with Crippen LogP contribution in [0.15, 0.2) is 47.8 Å². The molecule has 0 fully saturated rings. The van der Waals surface area contributed by atoms with Crippen molar-refractivity contribution in [2.75, 3.05) is 20.6 Å². The summed E-state index contributed by atoms with van der Waals surface area (Å²) in [5.41, 5.74) is 5.08. The molecule has 0 aliphatic heterocycles. The second-order valence-corrected chi connectivity index (χ2v) is 8.09. The molecule has 1 atom stereocenters. The summed E-state index contributed by atoms with van der Waals surface area (Å²) in [5, 5.41) is 5.20. The fourth-order valence-corrected chi connectivity index (χ4v) is 4.40. The largest absolute Gasteiger partial charge is 0.350 e. The Morgan fingerprint density at radius 1 is 1.15 bits per heavy atom. The number of likely N-dealkylation sites (N-methyl/N-ethyl adjacent to an activating group) is 1. The molecule has 4 nitrogen and oxygen atoms in total. The number of thiophene rings is 1. The summed E-state index contributed by atoms with van der Waals surface area (Å²) in [6.07, 6.45) is 0. The number of amides is 1. The van der Waals surface area contributed by atoms with Crippen LogP contribution in [-0.4, -0.2) is 36.0 Å². The van der Waals surface area contributed by atoms with Crippen LogP contribution in [0.2, 0.25) is 0 Å². The fourth-order valence-electron chi connectivity index (χ4n) is 3.48. The molecule has 0 radical (unpaired) electrons. The quantitative estimate of drug-likeness (QED) is 0.683. The highest BCUT2D eigenvalue weighted by atomic mass is 32.1. The van der Waals surface area contributed by atoms with Crippen molar-refractivity contribution in [3.05, 3.63) is 75.2 Å². The third kappa shape index (κ3) is 3.99. The van der Waals surface area contributed by atoms with Gasteiger partial charge in [0.2, 0.25) is 0 Å². The van der Waals surface area contributed by atoms with E-state index in [9.17, 15) is 4.79 Å². The van der Waals surface area contributed by atoms with Crippen molar-refractivity contribution in [3.63, 3.8) is 0 Å². The van der Waals surface area contributed by atoms with Gasteiger partial charge in [-0.15, -0.1) is 11.3 Å². The van der Waals surface area contributed by atoms with Gasteiger partial charge in [-0.1, -0.05) is 24.3 Å². The SMILES string of the molecule is Cc1ccccc1-n1c(C)cc(C(=O)NCC(c2cccs2)N(C)C)c1C. The number of aryl methyl sites for hydroxylation is 2. The lowest BCUT2D eigenvalue weighted by atomic mass is 10.2. The number of benzene rings is 1. The van der Waals surface area contributed by atoms with Crippen LogP contribution in [0.25, 0.3) is 5.69 Å². The average molecular weight is 382 g/mol. The Balaban J connectivity index is 1.82. The number of nitrogens with zero attached hydrogens (tertiary/aromatic N) is 2. The van der Waals surface area contributed by atoms with Crippen molar-refractivity contribution < 1.29 is 4.79 Å². The lowest BCUT2D eigenvalue weighted by molar-refractivity contribution is 0.0941. The summed E-state index contributed by atoms with van der Waals surface area (Å²) in [4.78, 5) is 16.3. The summed E-state index contributed by atoms with van der Waals surface area (Å²) < 4.78 is 2.16. The number of carbonyl (C=O) groups is 1. The zero-order chi connectivity index (χ0) is 19.6. The number of para-hydroxylation sites is 1. The zero-order valence-corrected chi connectivity index (χ0v) is 17.4. The van der Waals surface area contributed by atoms with Gasteiger partial charge in [-0.2, -0.15) is 0 Å². The first-order valence-electron chi connectivity index (χ1n) is 9.13. The number of aromatic nitrogens is 1. The molecule has 1 amide bonds. The lowest BCUT2D eigenvalue weighted by Crippen LogP contribution is -2.34. The van der Waals surface area contributed by atoms with Crippen molar-refractivity contribution >= 4 is 17.2 Å². The van der Waals surface area contributed by atoms with E-state index in [1.54, 1.807) is 11.3 Å². The molecule has 2 heterocycles. The Kier molecular flexibility index (Phi) is 5.82. The molecule has 5 heteroatoms. The molecule has 0 bridgehead atoms. The molecule has 0 aliphatic rings. The molecular weight excluding hydrogens is 354 g/mol. The van der Waals surface area contributed by atoms with Crippen molar-refractivity contribution in [1.82, 2.24) is 14.8 Å². The molecule has 0 aliphatic carbocycles. The van der Waals surface area contributed by atoms with Gasteiger partial charge < -0.3 is 14.8 Å². The van der Waals surface area contributed by atoms with Crippen LogP contribution in [0, 0.1) is 20.8 Å². The first kappa shape index (κ1) is 19.4. The molecule has 1 N–H and O–H groups in total. The predicted octanol–water partition coefficient (Wildman–Crippen LogP) is 4.50. The summed E-state index contributed by atoms with van der Waals surface area (Å²) >= 11 is 1.72. The van der Waals surface area contributed by atoms with Crippen LogP contribution in [0.1, 0.15) is 38.2 Å². The van der Waals surface area contributed by atoms with E-state index in [0.717, 1.165) is 22.6 Å². The van der Waals surface area contributed by atoms with Crippen LogP contribution in [-0.2, 0) is 0 Å². The smallest absolute Gasteiger partial charge is 0.253 e. The van der Waals surface area contributed by atoms with E-state index in [1.165, 1.54) is 10.4 Å². The van der Waals surface area contributed by atoms with Gasteiger partial charge in [0.1, 0.15) is 0 Å². The molecule has 1 unspecified atom stereocenters. The van der Waals surface area contributed by atoms with Crippen LogP contribution < -0.4 is 5.32 Å². The number of nitrogens with one attached hydrogen (secondary N) is 1. The topological polar surface area (TPSA) is 37.3 Å². The third-order valence-electron chi connectivity index (χ3n) is 4.98. The van der Waals surface area contributed by atoms with E-state index in [2.05, 4.69) is 45.3 Å². The molecule has 2 aromatic heterocycles. The first-order valence-corrected chi connectivity index (χ1v) is 10.0. The van der Waals surface area contributed by atoms with E-state index in [1.807, 2.05) is 52.2 Å². The summed E-state index contributed by atoms with van der Waals surface area (Å²) in [6, 6.07) is 14.6. The maximum Gasteiger partial charge on any atom is 0.253 e. The van der Waals surface area contributed by atoms with Gasteiger partial charge in [0.25, 0.3) is 5.91 Å². The predicted molar refractivity (Wildman–Crippen MR) is 113 cm³/mol. The van der Waals surface area contributed by atoms with Gasteiger partial charge in [-0.25, -0.2) is 0 Å². The molecule has 27 heavy (non-hydrogen) atoms. The van der Waals surface area contributed by atoms with Crippen molar-refractivity contribution in [3.8, 4) is 5.69 Å². The summed E-state index contributed by atoms with van der Waals surface area (Å²) in [5.74, 6) is -0.0219. The van der Waals surface area contributed by atoms with E-state index in [-0.39, 0.29) is 11.9 Å². The van der Waals surface area contributed by atoms with Gasteiger partial charge >= 0.3 is 0 Å². The molecule has 0 spiro atoms. The standard InChI is InChI=1S/C22H27N3OS/c1-15-9-6-7-10-19(15)25-16(2)13-18(17(25)3)22(26)23-14-20(24(4)5)21-11-8-12-27-21/h6-13,20H,14H2,1-5H3,(H,23,26). The lowest BCUT2D eigenvalue weighted by Gasteiger charge is -2.23. The van der Waals surface area contributed by atoms with Gasteiger partial charge in [0, 0.05) is 28.5 Å². The number of rotatable bonds is 6. The minimum absolute atomic E-state index is 0.0219. The van der Waals surface area contributed by atoms with E-state index in [0.29, 0.717) is 6.54 Å². The van der Waals surface area contributed by atoms with Crippen molar-refractivity contribution in [1.29, 1.82) is 0 Å². The average Bonchev–Trinajstić information content (AvgIpc) is 3.24. The Bertz CT molecular complexity index is 925. The second-order valence-electron chi connectivity index (χ2n) is 7.11. The second kappa shape index (κ2) is 8.11. The Morgan fingerprint density at radius 2 is 1.89 bits per heavy atom. The number of hydrogen-bond donors (Lipinski definition) is 1. The highest BCUT2D eigenvalue weighted by Gasteiger charge is 2.20. The number of hydrogen-bond acceptors (Lipinski definition) is 3. The Labute approximate surface area is 165 Å². The molecule has 0 saturated heterocycles. The Hall–Kier alpha value is -2.37. The van der Waals surface area contributed by atoms with Crippen LogP contribution >= 0.6 is 11.3 Å². The van der Waals surface area contributed by atoms with Gasteiger partial charge in [0.15, 0.2) is 0 Å². The molecule has 3 rings (SSSR count). The fraction of sp³-hybridized carbons (Fsp3) is 0.318. The minimum Gasteiger partial charge on any atom is -0.350 e. The number of carbonyl (C=O) groups excluding carboxylic acids is 1. The van der Waals surface area contributed by atoms with Crippen molar-refractivity contribution in [2.45, 2.75) is 26.8 Å². The first-order chi connectivity index (χ1) is 12.9. The Morgan fingerprint density at radius 3 is 2.52 bits per heavy atom. The zero-order valence-electron chi connectivity index (χ0n) is 16.6. The summed E-state index contributed by atoms with van der Waals surface area (Å²) in [6.45, 7) is 6.73. The highest BCUT2D eigenvalue weighted by molar-refractivity contribution is 7.10. The summed E-state index contributed by atoms with van der Waals surface area (Å²) in [7, 11) is 4.08. The maximum atomic E-state index is 12.9. The van der Waals surface area contributed by atoms with Crippen LogP contribution in [0.4, 0.5) is 0 Å². The molecule has 3 aromatic rings. The van der Waals surface area contributed by atoms with Crippen LogP contribution in [0.3, 0.4) is 0 Å². The third-order valence-corrected chi connectivity index (χ3v) is 5.96. The molecule has 142 valence electrons. The molecule has 0 saturated carbocycles. The van der Waals surface area contributed by atoms with E-state index < -0.39 is 0 Å². The maximum absolute atomic E-state index is 12.9. The van der Waals surface area contributed by atoms with E-state index in [4.69, 9.17) is 0 Å². The highest BCUT2D eigenvalue weighted by Crippen LogP contribution is 2.25. The van der Waals surface area contributed by atoms with Crippen LogP contribution in [0.5, 0.6) is 0 Å². The minimum atomic E-state index is -0.0219. The molecular formula is C22H27N3OS. The van der Waals surface area contributed by atoms with Crippen molar-refractivity contribution in [2.24, 2.45) is 0 Å². The van der Waals surface area contributed by atoms with Gasteiger partial charge in [-0.3, -0.25) is 4.79 Å². The normalized spacial score (nSPS) is 12.4. The van der Waals surface area contributed by atoms with E-state index >= 15 is 0 Å². The van der Waals surface area contributed by atoms with Gasteiger partial charge in [-0.05, 0) is 64.0 Å². The molecule has 1 aromatic carbocycles. The van der Waals surface area contributed by atoms with Gasteiger partial charge in [0.05, 0.1) is 11.6 Å².